The maximum atomic E-state index is 11.4. The molecule has 1 aromatic rings. The van der Waals surface area contributed by atoms with E-state index < -0.39 is 12.0 Å². The Bertz CT molecular complexity index is 615. The van der Waals surface area contributed by atoms with Gasteiger partial charge in [0.05, 0.1) is 18.9 Å². The zero-order valence-electron chi connectivity index (χ0n) is 13.4. The summed E-state index contributed by atoms with van der Waals surface area (Å²) in [4.78, 5) is 22.7. The maximum Gasteiger partial charge on any atom is 0.258 e. The lowest BCUT2D eigenvalue weighted by Gasteiger charge is -2.21. The smallest absolute Gasteiger partial charge is 0.258 e. The molecule has 0 spiro atoms. The van der Waals surface area contributed by atoms with Crippen molar-refractivity contribution in [1.29, 1.82) is 0 Å². The summed E-state index contributed by atoms with van der Waals surface area (Å²) < 4.78 is 10.5. The van der Waals surface area contributed by atoms with Gasteiger partial charge in [0.1, 0.15) is 5.75 Å². The van der Waals surface area contributed by atoms with Crippen LogP contribution in [-0.4, -0.2) is 49.1 Å². The lowest BCUT2D eigenvalue weighted by atomic mass is 9.93. The third-order valence-corrected chi connectivity index (χ3v) is 3.67. The van der Waals surface area contributed by atoms with Crippen molar-refractivity contribution >= 4 is 17.5 Å². The number of methoxy groups -OCH3 is 1. The molecule has 0 fully saturated rings. The van der Waals surface area contributed by atoms with Crippen LogP contribution in [0.5, 0.6) is 5.75 Å². The molecular formula is C16H21N3O5. The maximum absolute atomic E-state index is 11.4. The number of hydrogen-bond donors (Lipinski definition) is 3. The molecule has 2 unspecified atom stereocenters. The first-order valence-corrected chi connectivity index (χ1v) is 7.57. The summed E-state index contributed by atoms with van der Waals surface area (Å²) in [6.45, 7) is 0.200. The average Bonchev–Trinajstić information content (AvgIpc) is 2.59. The fourth-order valence-corrected chi connectivity index (χ4v) is 2.38. The van der Waals surface area contributed by atoms with Gasteiger partial charge in [0.2, 0.25) is 5.91 Å². The van der Waals surface area contributed by atoms with Gasteiger partial charge >= 0.3 is 0 Å². The number of aliphatic hydroxyl groups is 1. The molecular weight excluding hydrogens is 314 g/mol. The molecule has 4 N–H and O–H groups in total. The highest BCUT2D eigenvalue weighted by Gasteiger charge is 2.25. The van der Waals surface area contributed by atoms with Crippen LogP contribution in [-0.2, 0) is 14.3 Å². The summed E-state index contributed by atoms with van der Waals surface area (Å²) >= 11 is 0. The molecule has 0 radical (unpaired) electrons. The number of carbonyl (C=O) groups excluding carboxylic acids is 2. The Labute approximate surface area is 139 Å². The number of amides is 2. The van der Waals surface area contributed by atoms with Crippen LogP contribution in [0.4, 0.5) is 0 Å². The first kappa shape index (κ1) is 17.9. The Morgan fingerprint density at radius 2 is 2.17 bits per heavy atom. The van der Waals surface area contributed by atoms with E-state index in [2.05, 4.69) is 10.5 Å². The van der Waals surface area contributed by atoms with Crippen LogP contribution in [0.3, 0.4) is 0 Å². The van der Waals surface area contributed by atoms with Gasteiger partial charge in [-0.15, -0.1) is 0 Å². The molecule has 1 aromatic carbocycles. The molecule has 1 aliphatic heterocycles. The predicted molar refractivity (Wildman–Crippen MR) is 86.4 cm³/mol. The Morgan fingerprint density at radius 1 is 1.46 bits per heavy atom. The minimum Gasteiger partial charge on any atom is -0.481 e. The van der Waals surface area contributed by atoms with Gasteiger partial charge in [-0.1, -0.05) is 0 Å². The molecule has 0 aliphatic carbocycles. The van der Waals surface area contributed by atoms with Gasteiger partial charge in [0.25, 0.3) is 5.91 Å². The number of nitrogens with two attached hydrogens (primary N) is 1. The first-order chi connectivity index (χ1) is 11.5. The Hall–Kier alpha value is -2.45. The van der Waals surface area contributed by atoms with E-state index in [4.69, 9.17) is 15.2 Å². The van der Waals surface area contributed by atoms with Crippen LogP contribution < -0.4 is 15.9 Å². The molecule has 8 heteroatoms. The standard InChI is InChI=1S/C16H21N3O5/c1-23-7-6-13(16(17)22)24-12-4-2-10(3-5-12)15-11(9-20)8-14(21)18-19-15/h2-5,11,13,20H,6-9H2,1H3,(H2,17,22)(H,18,21). The van der Waals surface area contributed by atoms with Crippen LogP contribution >= 0.6 is 0 Å². The van der Waals surface area contributed by atoms with Crippen LogP contribution in [0.25, 0.3) is 0 Å². The number of nitrogens with zero attached hydrogens (tertiary/aromatic N) is 1. The van der Waals surface area contributed by atoms with Crippen molar-refractivity contribution in [3.05, 3.63) is 29.8 Å². The molecule has 1 aliphatic rings. The van der Waals surface area contributed by atoms with E-state index >= 15 is 0 Å². The van der Waals surface area contributed by atoms with Crippen LogP contribution in [0, 0.1) is 5.92 Å². The van der Waals surface area contributed by atoms with E-state index in [0.29, 0.717) is 24.5 Å². The molecule has 2 atom stereocenters. The largest absolute Gasteiger partial charge is 0.481 e. The van der Waals surface area contributed by atoms with E-state index in [-0.39, 0.29) is 24.9 Å². The third-order valence-electron chi connectivity index (χ3n) is 3.67. The van der Waals surface area contributed by atoms with Gasteiger partial charge in [-0.05, 0) is 29.8 Å². The van der Waals surface area contributed by atoms with Gasteiger partial charge in [0, 0.05) is 25.9 Å². The highest BCUT2D eigenvalue weighted by molar-refractivity contribution is 6.06. The van der Waals surface area contributed by atoms with Crippen LogP contribution in [0.15, 0.2) is 29.4 Å². The van der Waals surface area contributed by atoms with Crippen molar-refractivity contribution in [1.82, 2.24) is 5.43 Å². The van der Waals surface area contributed by atoms with Crippen molar-refractivity contribution in [2.24, 2.45) is 16.8 Å². The first-order valence-electron chi connectivity index (χ1n) is 7.57. The number of benzene rings is 1. The lowest BCUT2D eigenvalue weighted by Crippen LogP contribution is -2.35. The highest BCUT2D eigenvalue weighted by atomic mass is 16.5. The predicted octanol–water partition coefficient (Wildman–Crippen LogP) is -0.212. The van der Waals surface area contributed by atoms with Gasteiger partial charge in [-0.2, -0.15) is 5.10 Å². The van der Waals surface area contributed by atoms with E-state index in [1.807, 2.05) is 0 Å². The summed E-state index contributed by atoms with van der Waals surface area (Å²) in [5.41, 5.74) is 9.09. The van der Waals surface area contributed by atoms with Crippen LogP contribution in [0.2, 0.25) is 0 Å². The van der Waals surface area contributed by atoms with Crippen molar-refractivity contribution < 1.29 is 24.2 Å². The number of rotatable bonds is 8. The molecule has 0 aromatic heterocycles. The second-order valence-electron chi connectivity index (χ2n) is 5.43. The number of hydrogen-bond acceptors (Lipinski definition) is 6. The molecule has 0 bridgehead atoms. The summed E-state index contributed by atoms with van der Waals surface area (Å²) in [6.07, 6.45) is -0.222. The van der Waals surface area contributed by atoms with Gasteiger partial charge in [0.15, 0.2) is 6.10 Å². The molecule has 2 amide bonds. The minimum absolute atomic E-state index is 0.161. The zero-order chi connectivity index (χ0) is 17.5. The van der Waals surface area contributed by atoms with E-state index in [0.717, 1.165) is 5.56 Å². The highest BCUT2D eigenvalue weighted by Crippen LogP contribution is 2.20. The molecule has 0 saturated carbocycles. The van der Waals surface area contributed by atoms with Crippen molar-refractivity contribution in [2.75, 3.05) is 20.3 Å². The fraction of sp³-hybridized carbons (Fsp3) is 0.438. The second kappa shape index (κ2) is 8.42. The SMILES string of the molecule is COCCC(Oc1ccc(C2=NNC(=O)CC2CO)cc1)C(N)=O. The Kier molecular flexibility index (Phi) is 6.28. The number of nitrogens with one attached hydrogen (secondary N) is 1. The molecule has 2 rings (SSSR count). The normalized spacial score (nSPS) is 18.5. The fourth-order valence-electron chi connectivity index (χ4n) is 2.38. The monoisotopic (exact) mass is 335 g/mol. The van der Waals surface area contributed by atoms with Crippen LogP contribution in [0.1, 0.15) is 18.4 Å². The number of primary amides is 1. The number of carbonyl (C=O) groups is 2. The third kappa shape index (κ3) is 4.53. The van der Waals surface area contributed by atoms with Crippen molar-refractivity contribution in [3.8, 4) is 5.75 Å². The Balaban J connectivity index is 2.09. The summed E-state index contributed by atoms with van der Waals surface area (Å²) in [5.74, 6) is -0.638. The van der Waals surface area contributed by atoms with E-state index in [9.17, 15) is 14.7 Å². The summed E-state index contributed by atoms with van der Waals surface area (Å²) in [7, 11) is 1.54. The average molecular weight is 335 g/mol. The van der Waals surface area contributed by atoms with Crippen molar-refractivity contribution in [3.63, 3.8) is 0 Å². The number of aliphatic hydroxyl groups excluding tert-OH is 1. The summed E-state index contributed by atoms with van der Waals surface area (Å²) in [5, 5.41) is 13.4. The summed E-state index contributed by atoms with van der Waals surface area (Å²) in [6, 6.07) is 6.88. The molecule has 130 valence electrons. The molecule has 8 nitrogen and oxygen atoms in total. The van der Waals surface area contributed by atoms with Gasteiger partial charge < -0.3 is 20.3 Å². The number of ether oxygens (including phenoxy) is 2. The van der Waals surface area contributed by atoms with E-state index in [1.165, 1.54) is 7.11 Å². The minimum atomic E-state index is -0.771. The molecule has 1 heterocycles. The topological polar surface area (TPSA) is 123 Å². The van der Waals surface area contributed by atoms with Crippen molar-refractivity contribution in [2.45, 2.75) is 18.9 Å². The quantitative estimate of drug-likeness (QED) is 0.606. The Morgan fingerprint density at radius 3 is 2.75 bits per heavy atom. The molecule has 24 heavy (non-hydrogen) atoms. The van der Waals surface area contributed by atoms with Gasteiger partial charge in [-0.3, -0.25) is 9.59 Å². The van der Waals surface area contributed by atoms with E-state index in [1.54, 1.807) is 24.3 Å². The number of hydrazone groups is 1. The van der Waals surface area contributed by atoms with Gasteiger partial charge in [-0.25, -0.2) is 5.43 Å². The zero-order valence-corrected chi connectivity index (χ0v) is 13.4. The second-order valence-corrected chi connectivity index (χ2v) is 5.43. The molecule has 0 saturated heterocycles. The lowest BCUT2D eigenvalue weighted by molar-refractivity contribution is -0.125.